The monoisotopic (exact) mass is 1530 g/mol. The van der Waals surface area contributed by atoms with Crippen LogP contribution in [0.25, 0.3) is 89.7 Å². The predicted octanol–water partition coefficient (Wildman–Crippen LogP) is 21.9. The maximum absolute atomic E-state index is 7.57. The lowest BCUT2D eigenvalue weighted by molar-refractivity contribution is 0.369. The summed E-state index contributed by atoms with van der Waals surface area (Å²) in [6, 6.07) is 19.2. The smallest absolute Gasteiger partial charge is 0.169 e. The fourth-order valence-electron chi connectivity index (χ4n) is 10.5. The van der Waals surface area contributed by atoms with Crippen molar-refractivity contribution in [3.8, 4) is 138 Å². The summed E-state index contributed by atoms with van der Waals surface area (Å²) < 4.78 is 70.5. The first kappa shape index (κ1) is 66.8. The van der Waals surface area contributed by atoms with Gasteiger partial charge in [-0.1, -0.05) is 139 Å². The summed E-state index contributed by atoms with van der Waals surface area (Å²) in [4.78, 5) is 37.2. The number of aromatic nitrogens is 8. The number of hydrogen-bond donors (Lipinski definition) is 2. The van der Waals surface area contributed by atoms with Crippen LogP contribution in [0.1, 0.15) is 0 Å². The van der Waals surface area contributed by atoms with Crippen molar-refractivity contribution in [1.82, 2.24) is 39.9 Å². The summed E-state index contributed by atoms with van der Waals surface area (Å²) in [5, 5.41) is -1.87. The molecule has 490 valence electrons. The van der Waals surface area contributed by atoms with Gasteiger partial charge in [-0.15, -0.1) is 0 Å². The van der Waals surface area contributed by atoms with Crippen molar-refractivity contribution in [2.45, 2.75) is 0 Å². The number of fused-ring (bicyclic) bond motifs is 20. The van der Waals surface area contributed by atoms with Crippen LogP contribution >= 0.6 is 139 Å². The zero-order valence-corrected chi connectivity index (χ0v) is 59.1. The fraction of sp³-hybridized carbons (Fsp3) is 0.125. The van der Waals surface area contributed by atoms with Gasteiger partial charge in [0.1, 0.15) is 65.7 Å². The number of methoxy groups -OCH3 is 8. The molecule has 11 aromatic rings. The molecule has 0 unspecified atom stereocenters. The van der Waals surface area contributed by atoms with Crippen LogP contribution in [0.5, 0.6) is 92.0 Å². The second kappa shape index (κ2) is 26.6. The highest BCUT2D eigenvalue weighted by Crippen LogP contribution is 2.59. The highest BCUT2D eigenvalue weighted by molar-refractivity contribution is 6.53. The summed E-state index contributed by atoms with van der Waals surface area (Å²) >= 11 is 89.2. The Morgan fingerprint density at radius 3 is 0.719 bits per heavy atom. The van der Waals surface area contributed by atoms with E-state index in [0.717, 1.165) is 0 Å². The molecule has 0 radical (unpaired) electrons. The van der Waals surface area contributed by atoms with E-state index in [2.05, 4.69) is 9.97 Å². The second-order valence-electron chi connectivity index (χ2n) is 20.2. The molecule has 3 aromatic heterocycles. The van der Waals surface area contributed by atoms with Crippen molar-refractivity contribution in [2.75, 3.05) is 56.9 Å². The van der Waals surface area contributed by atoms with E-state index in [-0.39, 0.29) is 219 Å². The molecule has 0 spiro atoms. The first-order valence-corrected chi connectivity index (χ1v) is 32.0. The van der Waals surface area contributed by atoms with E-state index >= 15 is 0 Å². The van der Waals surface area contributed by atoms with Crippen LogP contribution in [0.2, 0.25) is 60.3 Å². The average Bonchev–Trinajstić information content (AvgIpc) is 1.55. The highest BCUT2D eigenvalue weighted by Gasteiger charge is 2.37. The lowest BCUT2D eigenvalue weighted by Gasteiger charge is -2.17. The normalized spacial score (nSPS) is 11.5. The number of rotatable bonds is 16. The number of ether oxygens (including phenoxy) is 12. The molecule has 0 atom stereocenters. The van der Waals surface area contributed by atoms with E-state index in [1.54, 1.807) is 72.8 Å². The molecule has 0 amide bonds. The van der Waals surface area contributed by atoms with E-state index in [1.165, 1.54) is 56.9 Å². The lowest BCUT2D eigenvalue weighted by Crippen LogP contribution is -1.96. The Bertz CT molecular complexity index is 5010. The summed E-state index contributed by atoms with van der Waals surface area (Å²) in [5.41, 5.74) is -0.272. The summed E-state index contributed by atoms with van der Waals surface area (Å²) in [6.07, 6.45) is 0. The number of aromatic amines is 2. The summed E-state index contributed by atoms with van der Waals surface area (Å²) in [7, 11) is 11.7. The quantitative estimate of drug-likeness (QED) is 0.0859. The van der Waals surface area contributed by atoms with Gasteiger partial charge in [-0.25, -0.2) is 29.9 Å². The Kier molecular flexibility index (Phi) is 18.5. The number of halogens is 12. The molecule has 0 aliphatic carbocycles. The van der Waals surface area contributed by atoms with Gasteiger partial charge >= 0.3 is 0 Å². The molecule has 0 saturated carbocycles. The van der Waals surface area contributed by atoms with Crippen molar-refractivity contribution < 1.29 is 56.8 Å². The second-order valence-corrected chi connectivity index (χ2v) is 24.7. The van der Waals surface area contributed by atoms with Crippen LogP contribution in [0, 0.1) is 0 Å². The zero-order chi connectivity index (χ0) is 68.0. The molecule has 96 heavy (non-hydrogen) atoms. The van der Waals surface area contributed by atoms with E-state index in [0.29, 0.717) is 23.0 Å². The molecule has 13 rings (SSSR count). The SMILES string of the molecule is COc1ccc(Oc2c(Cl)c(Cl)c3c(c2Cl)-c2nc-3nc3[nH]c(nc4nc(nc5[nH]c(n2)c2c(Cl)c(Cl)c(Oc6ccc(OC)cc6OC)c(Cl)c52)-c2c(Cl)c(Cl)c(Oc5ccc(OC)cc5OC)c(Cl)c2-4)c2c(Cl)c(Cl)c(Oc4ccc(OC)cc4OC)c(Cl)c32)c(OC)c1. The fourth-order valence-corrected chi connectivity index (χ4v) is 13.9. The van der Waals surface area contributed by atoms with Gasteiger partial charge < -0.3 is 66.8 Å². The van der Waals surface area contributed by atoms with Gasteiger partial charge in [-0.05, 0) is 48.5 Å². The van der Waals surface area contributed by atoms with E-state index in [4.69, 9.17) is 226 Å². The molecular weight excluding hydrogens is 1500 g/mol. The van der Waals surface area contributed by atoms with Crippen molar-refractivity contribution in [1.29, 1.82) is 0 Å². The molecule has 8 bridgehead atoms. The maximum Gasteiger partial charge on any atom is 0.169 e. The Morgan fingerprint density at radius 1 is 0.240 bits per heavy atom. The Labute approximate surface area is 602 Å². The largest absolute Gasteiger partial charge is 0.497 e. The Balaban J connectivity index is 1.19. The number of nitrogens with one attached hydrogen (secondary N) is 2. The topological polar surface area (TPSA) is 220 Å². The zero-order valence-electron chi connectivity index (χ0n) is 50.0. The van der Waals surface area contributed by atoms with Crippen molar-refractivity contribution >= 4 is 183 Å². The molecule has 0 saturated heterocycles. The van der Waals surface area contributed by atoms with Crippen LogP contribution in [-0.4, -0.2) is 96.8 Å². The number of nitrogens with zero attached hydrogens (tertiary/aromatic N) is 6. The van der Waals surface area contributed by atoms with Gasteiger partial charge in [-0.3, -0.25) is 0 Å². The third kappa shape index (κ3) is 11.2. The van der Waals surface area contributed by atoms with Gasteiger partial charge in [0.2, 0.25) is 0 Å². The summed E-state index contributed by atoms with van der Waals surface area (Å²) in [6.45, 7) is 0. The van der Waals surface area contributed by atoms with Crippen LogP contribution in [0.15, 0.2) is 72.8 Å². The molecule has 32 heteroatoms. The lowest BCUT2D eigenvalue weighted by atomic mass is 10.1. The minimum atomic E-state index is -0.194. The molecule has 2 N–H and O–H groups in total. The standard InChI is InChI=1S/C64H38Cl12N8O12/c1-85-21-9-13-25(29(17-21)89-5)93-53-45(69)37-33(41(65)49(53)73)57-77-61(37)81-58-34-38(46(70)54(50(74)42(34)66)94-26-14-10-22(86-2)18-30(26)90-6)63(78-58)83-60-36-40(48(72)56(52(76)44(36)68)96-28-16-12-24(88-4)20-32(28)92-8)64(80-60)84-59-35-39(62(79-59)82-57)47(71)55(51(75)43(35)67)95-27-15-11-23(87-3)19-31(27)91-7/h9-20H,1-8H3,(H2,77,78,79,80,81,82,83,84). The maximum atomic E-state index is 7.57. The van der Waals surface area contributed by atoms with Crippen molar-refractivity contribution in [2.24, 2.45) is 0 Å². The van der Waals surface area contributed by atoms with E-state index in [9.17, 15) is 0 Å². The predicted molar refractivity (Wildman–Crippen MR) is 375 cm³/mol. The first-order chi connectivity index (χ1) is 46.2. The molecule has 2 aliphatic rings. The van der Waals surface area contributed by atoms with Gasteiger partial charge in [0.05, 0.1) is 141 Å². The minimum Gasteiger partial charge on any atom is -0.497 e. The first-order valence-electron chi connectivity index (χ1n) is 27.4. The average molecular weight is 1540 g/mol. The van der Waals surface area contributed by atoms with Crippen molar-refractivity contribution in [3.05, 3.63) is 133 Å². The van der Waals surface area contributed by atoms with Crippen LogP contribution in [-0.2, 0) is 0 Å². The molecular formula is C64H38Cl12N8O12. The summed E-state index contributed by atoms with van der Waals surface area (Å²) in [5.74, 6) is 2.03. The highest BCUT2D eigenvalue weighted by atomic mass is 35.5. The molecule has 20 nitrogen and oxygen atoms in total. The van der Waals surface area contributed by atoms with Crippen LogP contribution < -0.4 is 56.8 Å². The Hall–Kier alpha value is -7.80. The molecule has 0 fully saturated rings. The van der Waals surface area contributed by atoms with Crippen LogP contribution in [0.3, 0.4) is 0 Å². The van der Waals surface area contributed by atoms with Crippen LogP contribution in [0.4, 0.5) is 0 Å². The van der Waals surface area contributed by atoms with E-state index < -0.39 is 0 Å². The molecule has 8 aromatic carbocycles. The number of benzene rings is 8. The minimum absolute atomic E-state index is 0.0237. The van der Waals surface area contributed by atoms with Gasteiger partial charge in [0, 0.05) is 24.3 Å². The number of H-pyrrole nitrogens is 2. The van der Waals surface area contributed by atoms with Gasteiger partial charge in [-0.2, -0.15) is 0 Å². The van der Waals surface area contributed by atoms with Gasteiger partial charge in [0.15, 0.2) is 92.3 Å². The number of hydrogen-bond acceptors (Lipinski definition) is 18. The molecule has 2 aliphatic heterocycles. The molecule has 5 heterocycles. The van der Waals surface area contributed by atoms with E-state index in [1.807, 2.05) is 0 Å². The third-order valence-corrected chi connectivity index (χ3v) is 19.8. The van der Waals surface area contributed by atoms with Crippen molar-refractivity contribution in [3.63, 3.8) is 0 Å². The van der Waals surface area contributed by atoms with Gasteiger partial charge in [0.25, 0.3) is 0 Å². The Morgan fingerprint density at radius 2 is 0.469 bits per heavy atom. The third-order valence-electron chi connectivity index (χ3n) is 15.1.